The lowest BCUT2D eigenvalue weighted by Crippen LogP contribution is -2.35. The fraction of sp³-hybridized carbons (Fsp3) is 0.500. The second-order valence-corrected chi connectivity index (χ2v) is 8.22. The van der Waals surface area contributed by atoms with Gasteiger partial charge in [0.2, 0.25) is 10.0 Å². The van der Waals surface area contributed by atoms with Crippen molar-refractivity contribution in [2.24, 2.45) is 0 Å². The molecule has 0 aromatic carbocycles. The van der Waals surface area contributed by atoms with Crippen LogP contribution in [0.2, 0.25) is 5.02 Å². The fourth-order valence-corrected chi connectivity index (χ4v) is 5.18. The third-order valence-corrected chi connectivity index (χ3v) is 6.74. The number of sulfonamides is 1. The van der Waals surface area contributed by atoms with Gasteiger partial charge >= 0.3 is 0 Å². The highest BCUT2D eigenvalue weighted by atomic mass is 79.9. The van der Waals surface area contributed by atoms with E-state index in [9.17, 15) is 8.42 Å². The summed E-state index contributed by atoms with van der Waals surface area (Å²) in [6.07, 6.45) is 0.819. The number of nitrogens with one attached hydrogen (secondary N) is 2. The highest BCUT2D eigenvalue weighted by Crippen LogP contribution is 2.34. The van der Waals surface area contributed by atoms with E-state index in [1.165, 1.54) is 6.07 Å². The maximum atomic E-state index is 11.9. The Balaban J connectivity index is 2.18. The summed E-state index contributed by atoms with van der Waals surface area (Å²) >= 11 is 10.1. The van der Waals surface area contributed by atoms with Crippen LogP contribution in [0.1, 0.15) is 6.42 Å². The van der Waals surface area contributed by atoms with Crippen LogP contribution in [-0.2, 0) is 10.0 Å². The zero-order valence-corrected chi connectivity index (χ0v) is 12.1. The van der Waals surface area contributed by atoms with Crippen molar-refractivity contribution in [3.05, 3.63) is 14.9 Å². The first-order valence-electron chi connectivity index (χ1n) is 4.67. The van der Waals surface area contributed by atoms with Crippen LogP contribution < -0.4 is 10.0 Å². The summed E-state index contributed by atoms with van der Waals surface area (Å²) in [5.41, 5.74) is 0. The van der Waals surface area contributed by atoms with Crippen molar-refractivity contribution in [2.45, 2.75) is 16.7 Å². The molecule has 1 aromatic heterocycles. The number of hydrogen-bond donors (Lipinski definition) is 2. The number of thiophene rings is 1. The van der Waals surface area contributed by atoms with Crippen molar-refractivity contribution in [1.29, 1.82) is 0 Å². The van der Waals surface area contributed by atoms with E-state index in [0.717, 1.165) is 24.3 Å². The zero-order chi connectivity index (χ0) is 11.8. The second kappa shape index (κ2) is 4.91. The summed E-state index contributed by atoms with van der Waals surface area (Å²) in [5.74, 6) is 0. The molecule has 0 radical (unpaired) electrons. The van der Waals surface area contributed by atoms with Gasteiger partial charge in [-0.15, -0.1) is 11.3 Å². The largest absolute Gasteiger partial charge is 0.315 e. The molecule has 0 amide bonds. The van der Waals surface area contributed by atoms with Crippen molar-refractivity contribution in [3.63, 3.8) is 0 Å². The Morgan fingerprint density at radius 2 is 2.38 bits per heavy atom. The molecule has 0 saturated carbocycles. The molecule has 2 heterocycles. The molecule has 8 heteroatoms. The van der Waals surface area contributed by atoms with Crippen LogP contribution >= 0.6 is 38.9 Å². The van der Waals surface area contributed by atoms with E-state index >= 15 is 0 Å². The normalized spacial score (nSPS) is 21.5. The molecular weight excluding hydrogens is 336 g/mol. The van der Waals surface area contributed by atoms with Gasteiger partial charge < -0.3 is 5.32 Å². The minimum absolute atomic E-state index is 0.0235. The summed E-state index contributed by atoms with van der Waals surface area (Å²) in [5, 5.41) is 3.53. The van der Waals surface area contributed by atoms with Crippen LogP contribution in [0.4, 0.5) is 0 Å². The van der Waals surface area contributed by atoms with Gasteiger partial charge in [0, 0.05) is 12.6 Å². The Bertz CT molecular complexity index is 463. The van der Waals surface area contributed by atoms with Gasteiger partial charge in [-0.3, -0.25) is 0 Å². The van der Waals surface area contributed by atoms with Gasteiger partial charge in [0.15, 0.2) is 0 Å². The van der Waals surface area contributed by atoms with Crippen LogP contribution in [0.3, 0.4) is 0 Å². The second-order valence-electron chi connectivity index (χ2n) is 3.50. The molecule has 1 fully saturated rings. The predicted molar refractivity (Wildman–Crippen MR) is 68.6 cm³/mol. The molecule has 1 aliphatic rings. The lowest BCUT2D eigenvalue weighted by molar-refractivity contribution is 0.562. The van der Waals surface area contributed by atoms with E-state index in [-0.39, 0.29) is 10.3 Å². The van der Waals surface area contributed by atoms with Crippen molar-refractivity contribution in [2.75, 3.05) is 13.1 Å². The van der Waals surface area contributed by atoms with E-state index < -0.39 is 10.0 Å². The first-order valence-corrected chi connectivity index (χ1v) is 8.14. The number of rotatable bonds is 3. The van der Waals surface area contributed by atoms with E-state index in [1.807, 2.05) is 0 Å². The van der Waals surface area contributed by atoms with Gasteiger partial charge in [-0.2, -0.15) is 0 Å². The molecule has 0 aliphatic carbocycles. The summed E-state index contributed by atoms with van der Waals surface area (Å²) in [4.78, 5) is 0. The Hall–Kier alpha value is 0.340. The molecule has 0 spiro atoms. The lowest BCUT2D eigenvalue weighted by atomic mass is 10.3. The van der Waals surface area contributed by atoms with Gasteiger partial charge in [0.1, 0.15) is 4.21 Å². The van der Waals surface area contributed by atoms with Crippen molar-refractivity contribution < 1.29 is 8.42 Å². The van der Waals surface area contributed by atoms with Crippen molar-refractivity contribution >= 4 is 48.9 Å². The van der Waals surface area contributed by atoms with E-state index in [1.54, 1.807) is 0 Å². The molecular formula is C8H10BrClN2O2S2. The summed E-state index contributed by atoms with van der Waals surface area (Å²) in [6, 6.07) is 1.44. The van der Waals surface area contributed by atoms with Crippen LogP contribution in [0.25, 0.3) is 0 Å². The monoisotopic (exact) mass is 344 g/mol. The molecule has 1 aliphatic heterocycles. The third-order valence-electron chi connectivity index (χ3n) is 2.27. The fourth-order valence-electron chi connectivity index (χ4n) is 1.49. The third kappa shape index (κ3) is 2.77. The minimum atomic E-state index is -3.43. The molecule has 0 bridgehead atoms. The summed E-state index contributed by atoms with van der Waals surface area (Å²) in [7, 11) is -3.43. The SMILES string of the molecule is O=S(=O)(N[C@H]1CCNC1)c1cc(Cl)c(Br)s1. The average Bonchev–Trinajstić information content (AvgIpc) is 2.78. The quantitative estimate of drug-likeness (QED) is 0.878. The predicted octanol–water partition coefficient (Wildman–Crippen LogP) is 1.80. The molecule has 1 aromatic rings. The first kappa shape index (κ1) is 12.8. The van der Waals surface area contributed by atoms with Gasteiger partial charge in [-0.05, 0) is 35.0 Å². The van der Waals surface area contributed by atoms with E-state index in [4.69, 9.17) is 11.6 Å². The highest BCUT2D eigenvalue weighted by molar-refractivity contribution is 9.11. The Kier molecular flexibility index (Phi) is 3.93. The van der Waals surface area contributed by atoms with Crippen LogP contribution in [0, 0.1) is 0 Å². The summed E-state index contributed by atoms with van der Waals surface area (Å²) < 4.78 is 27.4. The van der Waals surface area contributed by atoms with Gasteiger partial charge in [-0.25, -0.2) is 13.1 Å². The van der Waals surface area contributed by atoms with Gasteiger partial charge in [-0.1, -0.05) is 11.6 Å². The zero-order valence-electron chi connectivity index (χ0n) is 8.16. The van der Waals surface area contributed by atoms with Gasteiger partial charge in [0.05, 0.1) is 8.81 Å². The molecule has 0 unspecified atom stereocenters. The molecule has 2 N–H and O–H groups in total. The maximum Gasteiger partial charge on any atom is 0.250 e. The molecule has 1 saturated heterocycles. The minimum Gasteiger partial charge on any atom is -0.315 e. The lowest BCUT2D eigenvalue weighted by Gasteiger charge is -2.10. The highest BCUT2D eigenvalue weighted by Gasteiger charge is 2.24. The first-order chi connectivity index (χ1) is 7.49. The van der Waals surface area contributed by atoms with E-state index in [2.05, 4.69) is 26.0 Å². The van der Waals surface area contributed by atoms with Crippen molar-refractivity contribution in [3.8, 4) is 0 Å². The Morgan fingerprint density at radius 3 is 2.88 bits per heavy atom. The Morgan fingerprint density at radius 1 is 1.62 bits per heavy atom. The average molecular weight is 346 g/mol. The summed E-state index contributed by atoms with van der Waals surface area (Å²) in [6.45, 7) is 1.53. The van der Waals surface area contributed by atoms with Crippen molar-refractivity contribution in [1.82, 2.24) is 10.0 Å². The Labute approximate surface area is 112 Å². The maximum absolute atomic E-state index is 11.9. The molecule has 16 heavy (non-hydrogen) atoms. The van der Waals surface area contributed by atoms with Crippen LogP contribution in [-0.4, -0.2) is 27.5 Å². The number of halogens is 2. The molecule has 2 rings (SSSR count). The van der Waals surface area contributed by atoms with Crippen LogP contribution in [0.15, 0.2) is 14.1 Å². The molecule has 90 valence electrons. The molecule has 1 atom stereocenters. The standard InChI is InChI=1S/C8H10BrClN2O2S2/c9-8-6(10)3-7(15-8)16(13,14)12-5-1-2-11-4-5/h3,5,11-12H,1-2,4H2/t5-/m0/s1. The molecule has 4 nitrogen and oxygen atoms in total. The number of hydrogen-bond acceptors (Lipinski definition) is 4. The van der Waals surface area contributed by atoms with Gasteiger partial charge in [0.25, 0.3) is 0 Å². The van der Waals surface area contributed by atoms with E-state index in [0.29, 0.717) is 15.4 Å². The topological polar surface area (TPSA) is 58.2 Å². The smallest absolute Gasteiger partial charge is 0.250 e. The van der Waals surface area contributed by atoms with Crippen LogP contribution in [0.5, 0.6) is 0 Å².